The number of aromatic amines is 1. The van der Waals surface area contributed by atoms with Crippen LogP contribution in [0.15, 0.2) is 50.4 Å². The van der Waals surface area contributed by atoms with Gasteiger partial charge >= 0.3 is 0 Å². The highest BCUT2D eigenvalue weighted by molar-refractivity contribution is 5.97. The number of hydrogen-bond acceptors (Lipinski definition) is 11. The summed E-state index contributed by atoms with van der Waals surface area (Å²) in [6, 6.07) is 4.96. The van der Waals surface area contributed by atoms with Crippen molar-refractivity contribution in [3.63, 3.8) is 0 Å². The number of aliphatic hydroxyl groups excluding tert-OH is 1. The normalized spacial score (nSPS) is 14.1. The van der Waals surface area contributed by atoms with E-state index in [9.17, 15) is 33.9 Å². The van der Waals surface area contributed by atoms with Crippen molar-refractivity contribution in [2.45, 2.75) is 129 Å². The van der Waals surface area contributed by atoms with Gasteiger partial charge in [-0.05, 0) is 88.7 Å². The van der Waals surface area contributed by atoms with Crippen molar-refractivity contribution in [3.8, 4) is 0 Å². The molecule has 1 heterocycles. The van der Waals surface area contributed by atoms with E-state index in [4.69, 9.17) is 45.9 Å². The lowest BCUT2D eigenvalue weighted by molar-refractivity contribution is -0.136. The van der Waals surface area contributed by atoms with Crippen LogP contribution in [0.1, 0.15) is 110 Å². The number of nitrogens with two attached hydrogens (primary N) is 8. The summed E-state index contributed by atoms with van der Waals surface area (Å²) in [5, 5.41) is 20.0. The second kappa shape index (κ2) is 32.2. The van der Waals surface area contributed by atoms with Crippen molar-refractivity contribution < 1.29 is 33.9 Å². The first kappa shape index (κ1) is 60.3. The Hall–Kier alpha value is -6.78. The first-order chi connectivity index (χ1) is 33.6. The van der Waals surface area contributed by atoms with Crippen LogP contribution < -0.4 is 61.8 Å². The minimum Gasteiger partial charge on any atom is -0.396 e. The van der Waals surface area contributed by atoms with Crippen molar-refractivity contribution in [1.82, 2.24) is 20.9 Å². The molecule has 0 aliphatic heterocycles. The van der Waals surface area contributed by atoms with Crippen molar-refractivity contribution in [2.24, 2.45) is 95.4 Å². The number of Topliss-reactive ketones (excluding diaryl/α,β-unsaturated/α-hetero) is 3. The molecule has 1 aromatic heterocycles. The van der Waals surface area contributed by atoms with E-state index in [1.54, 1.807) is 6.20 Å². The van der Waals surface area contributed by atoms with Crippen LogP contribution in [0.2, 0.25) is 0 Å². The van der Waals surface area contributed by atoms with Crippen LogP contribution in [0.4, 0.5) is 0 Å². The van der Waals surface area contributed by atoms with E-state index in [1.807, 2.05) is 52.0 Å². The predicted molar refractivity (Wildman–Crippen MR) is 278 cm³/mol. The molecule has 0 fully saturated rings. The van der Waals surface area contributed by atoms with Crippen LogP contribution in [0.5, 0.6) is 0 Å². The Bertz CT molecular complexity index is 2140. The van der Waals surface area contributed by atoms with E-state index in [2.05, 4.69) is 40.9 Å². The monoisotopic (exact) mass is 995 g/mol. The number of hydrogen-bond donors (Lipinski definition) is 13. The fourth-order valence-corrected chi connectivity index (χ4v) is 8.24. The Balaban J connectivity index is 2.41. The standard InChI is InChI=1S/C48H82N16O7/c1-28(2)21-29(3)39(66)24-32(22-33-26-61-36-14-6-5-13-35(33)36)43(70)63-38(16-10-20-60-48(55)56)41(68)25-34(27-65)44(71)64-37(15-9-19-59-47(53)54)40(67)23-31(12-8-18-58-46(51)52)42(69)62-30(4)11-7-17-57-45(49)50/h5-6,13-14,26,28-32,34,37-38,61,65H,7-12,15-25,27H2,1-4H3,(H,62,69)(H,63,70)(H,64,71)(H4,49,50,57)(H4,51,52,58)(H4,53,54,59)(H4,55,56,60)/t29-,30-,31-,32+,34-,37+,38-/m0/s1. The summed E-state index contributed by atoms with van der Waals surface area (Å²) in [5.41, 5.74) is 45.7. The van der Waals surface area contributed by atoms with Gasteiger partial charge in [-0.2, -0.15) is 0 Å². The first-order valence-corrected chi connectivity index (χ1v) is 24.5. The third-order valence-electron chi connectivity index (χ3n) is 12.0. The van der Waals surface area contributed by atoms with Gasteiger partial charge in [-0.1, -0.05) is 39.0 Å². The van der Waals surface area contributed by atoms with E-state index in [-0.39, 0.29) is 118 Å². The second-order valence-corrected chi connectivity index (χ2v) is 18.7. The summed E-state index contributed by atoms with van der Waals surface area (Å²) in [6.45, 7) is 7.73. The average Bonchev–Trinajstić information content (AvgIpc) is 3.71. The summed E-state index contributed by atoms with van der Waals surface area (Å²) in [5.74, 6) is -6.50. The molecule has 2 aromatic rings. The number of amides is 3. The average molecular weight is 995 g/mol. The molecule has 0 aliphatic rings. The molecule has 0 unspecified atom stereocenters. The van der Waals surface area contributed by atoms with Crippen molar-refractivity contribution in [3.05, 3.63) is 36.0 Å². The molecule has 21 N–H and O–H groups in total. The summed E-state index contributed by atoms with van der Waals surface area (Å²) < 4.78 is 0. The van der Waals surface area contributed by atoms with Gasteiger partial charge in [0.1, 0.15) is 5.78 Å². The molecular weight excluding hydrogens is 913 g/mol. The summed E-state index contributed by atoms with van der Waals surface area (Å²) in [6.07, 6.45) is 4.08. The Labute approximate surface area is 417 Å². The minimum atomic E-state index is -1.36. The number of ketones is 3. The number of aliphatic imine (C=N–C) groups is 4. The maximum Gasteiger partial charge on any atom is 0.226 e. The maximum atomic E-state index is 14.4. The summed E-state index contributed by atoms with van der Waals surface area (Å²) in [4.78, 5) is 103. The van der Waals surface area contributed by atoms with E-state index < -0.39 is 72.2 Å². The van der Waals surface area contributed by atoms with Crippen LogP contribution in [0.25, 0.3) is 10.9 Å². The fraction of sp³-hybridized carbons (Fsp3) is 0.625. The molecule has 0 saturated carbocycles. The largest absolute Gasteiger partial charge is 0.396 e. The number of guanidine groups is 4. The van der Waals surface area contributed by atoms with Gasteiger partial charge in [0.05, 0.1) is 24.6 Å². The molecule has 71 heavy (non-hydrogen) atoms. The summed E-state index contributed by atoms with van der Waals surface area (Å²) in [7, 11) is 0. The van der Waals surface area contributed by atoms with Gasteiger partial charge in [-0.3, -0.25) is 48.7 Å². The highest BCUT2D eigenvalue weighted by Gasteiger charge is 2.34. The molecule has 396 valence electrons. The molecule has 0 radical (unpaired) electrons. The van der Waals surface area contributed by atoms with E-state index in [1.165, 1.54) is 0 Å². The predicted octanol–water partition coefficient (Wildman–Crippen LogP) is -0.200. The van der Waals surface area contributed by atoms with Crippen molar-refractivity contribution in [1.29, 1.82) is 0 Å². The molecule has 7 atom stereocenters. The van der Waals surface area contributed by atoms with E-state index in [0.717, 1.165) is 16.5 Å². The molecule has 0 aliphatic carbocycles. The topological polar surface area (TPSA) is 432 Å². The summed E-state index contributed by atoms with van der Waals surface area (Å²) >= 11 is 0. The molecular formula is C48H82N16O7. The fourth-order valence-electron chi connectivity index (χ4n) is 8.24. The zero-order valence-electron chi connectivity index (χ0n) is 42.0. The number of aromatic nitrogens is 1. The van der Waals surface area contributed by atoms with Gasteiger partial charge in [0.15, 0.2) is 35.4 Å². The zero-order valence-corrected chi connectivity index (χ0v) is 42.0. The number of benzene rings is 1. The Morgan fingerprint density at radius 1 is 0.563 bits per heavy atom. The Morgan fingerprint density at radius 2 is 1.00 bits per heavy atom. The number of H-pyrrole nitrogens is 1. The Morgan fingerprint density at radius 3 is 1.49 bits per heavy atom. The first-order valence-electron chi connectivity index (χ1n) is 24.5. The van der Waals surface area contributed by atoms with Crippen LogP contribution in [-0.4, -0.2) is 120 Å². The molecule has 0 spiro atoms. The maximum absolute atomic E-state index is 14.4. The lowest BCUT2D eigenvalue weighted by atomic mass is 9.86. The molecule has 2 rings (SSSR count). The minimum absolute atomic E-state index is 0.0406. The number of rotatable bonds is 36. The molecule has 23 nitrogen and oxygen atoms in total. The molecule has 23 heteroatoms. The molecule has 0 bridgehead atoms. The number of carbonyl (C=O) groups is 6. The highest BCUT2D eigenvalue weighted by atomic mass is 16.3. The van der Waals surface area contributed by atoms with Crippen LogP contribution >= 0.6 is 0 Å². The van der Waals surface area contributed by atoms with Gasteiger partial charge in [-0.15, -0.1) is 0 Å². The molecule has 0 saturated heterocycles. The number of fused-ring (bicyclic) bond motifs is 1. The van der Waals surface area contributed by atoms with E-state index >= 15 is 0 Å². The van der Waals surface area contributed by atoms with E-state index in [0.29, 0.717) is 32.2 Å². The van der Waals surface area contributed by atoms with Crippen LogP contribution in [-0.2, 0) is 35.2 Å². The smallest absolute Gasteiger partial charge is 0.226 e. The molecule has 1 aromatic carbocycles. The number of nitrogens with zero attached hydrogens (tertiary/aromatic N) is 4. The van der Waals surface area contributed by atoms with Crippen molar-refractivity contribution in [2.75, 3.05) is 32.8 Å². The van der Waals surface area contributed by atoms with Gasteiger partial charge in [0, 0.05) is 86.3 Å². The second-order valence-electron chi connectivity index (χ2n) is 18.7. The third-order valence-corrected chi connectivity index (χ3v) is 12.0. The highest BCUT2D eigenvalue weighted by Crippen LogP contribution is 2.25. The van der Waals surface area contributed by atoms with Gasteiger partial charge in [0.25, 0.3) is 0 Å². The van der Waals surface area contributed by atoms with Crippen molar-refractivity contribution >= 4 is 69.8 Å². The number of para-hydroxylation sites is 1. The lowest BCUT2D eigenvalue weighted by Crippen LogP contribution is -2.48. The molecule has 3 amide bonds. The van der Waals surface area contributed by atoms with Gasteiger partial charge in [-0.25, -0.2) is 0 Å². The SMILES string of the molecule is CC(C)C[C@H](C)C(=O)C[C@@H](Cc1c[nH]c2ccccc12)C(=O)N[C@@H](CCCN=C(N)N)C(=O)C[C@@H](CO)C(=O)N[C@H](CCCN=C(N)N)C(=O)C[C@H](CCCN=C(N)N)C(=O)N[C@@H](C)CCCN=C(N)N. The van der Waals surface area contributed by atoms with Gasteiger partial charge < -0.3 is 71.9 Å². The Kier molecular flexibility index (Phi) is 27.3. The van der Waals surface area contributed by atoms with Gasteiger partial charge in [0.2, 0.25) is 17.7 Å². The third kappa shape index (κ3) is 24.1. The van der Waals surface area contributed by atoms with Crippen LogP contribution in [0.3, 0.4) is 0 Å². The zero-order chi connectivity index (χ0) is 53.0. The lowest BCUT2D eigenvalue weighted by Gasteiger charge is -2.26. The van der Waals surface area contributed by atoms with Crippen LogP contribution in [0, 0.1) is 29.6 Å². The number of nitrogens with one attached hydrogen (secondary N) is 4. The quantitative estimate of drug-likeness (QED) is 0.0239. The number of carbonyl (C=O) groups excluding carboxylic acids is 6. The number of aliphatic hydroxyl groups is 1.